The molecule has 0 saturated heterocycles. The summed E-state index contributed by atoms with van der Waals surface area (Å²) in [6.07, 6.45) is 1.83. The summed E-state index contributed by atoms with van der Waals surface area (Å²) in [6, 6.07) is 7.89. The fraction of sp³-hybridized carbons (Fsp3) is 0.200. The molecule has 2 heterocycles. The van der Waals surface area contributed by atoms with Gasteiger partial charge in [-0.3, -0.25) is 0 Å². The van der Waals surface area contributed by atoms with Gasteiger partial charge in [-0.15, -0.1) is 0 Å². The molecule has 3 rings (SSSR count). The van der Waals surface area contributed by atoms with Crippen LogP contribution in [0.3, 0.4) is 0 Å². The molecular weight excluding hydrogens is 293 g/mol. The number of halogens is 2. The molecule has 20 heavy (non-hydrogen) atoms. The molecule has 0 bridgehead atoms. The largest absolute Gasteiger partial charge is 0.326 e. The molecule has 0 fully saturated rings. The number of rotatable bonds is 2. The smallest absolute Gasteiger partial charge is 0.135 e. The zero-order chi connectivity index (χ0) is 14.3. The van der Waals surface area contributed by atoms with E-state index in [2.05, 4.69) is 40.5 Å². The molecule has 2 aromatic heterocycles. The van der Waals surface area contributed by atoms with E-state index >= 15 is 0 Å². The molecule has 3 nitrogen and oxygen atoms in total. The summed E-state index contributed by atoms with van der Waals surface area (Å²) in [5.41, 5.74) is 5.51. The van der Waals surface area contributed by atoms with E-state index in [4.69, 9.17) is 23.2 Å². The van der Waals surface area contributed by atoms with Crippen molar-refractivity contribution < 1.29 is 0 Å². The standard InChI is InChI=1S/C15H13Cl2N3/c1-9-5-12-13(6-10(9)2)20(8-18-12)7-11-3-4-14(16)19-15(11)17/h3-6,8H,7H2,1-2H3. The lowest BCUT2D eigenvalue weighted by atomic mass is 10.1. The fourth-order valence-corrected chi connectivity index (χ4v) is 2.59. The minimum Gasteiger partial charge on any atom is -0.326 e. The maximum absolute atomic E-state index is 6.12. The van der Waals surface area contributed by atoms with Crippen molar-refractivity contribution in [1.82, 2.24) is 14.5 Å². The molecule has 0 unspecified atom stereocenters. The van der Waals surface area contributed by atoms with Gasteiger partial charge in [0.15, 0.2) is 0 Å². The Hall–Kier alpha value is -1.58. The van der Waals surface area contributed by atoms with Gasteiger partial charge in [-0.05, 0) is 43.2 Å². The maximum atomic E-state index is 6.12. The summed E-state index contributed by atoms with van der Waals surface area (Å²) >= 11 is 11.9. The zero-order valence-electron chi connectivity index (χ0n) is 11.2. The van der Waals surface area contributed by atoms with Gasteiger partial charge in [0.1, 0.15) is 10.3 Å². The minimum absolute atomic E-state index is 0.403. The van der Waals surface area contributed by atoms with Crippen LogP contribution in [0.25, 0.3) is 11.0 Å². The van der Waals surface area contributed by atoms with Gasteiger partial charge in [-0.1, -0.05) is 29.3 Å². The van der Waals surface area contributed by atoms with Crippen molar-refractivity contribution in [2.75, 3.05) is 0 Å². The lowest BCUT2D eigenvalue weighted by Crippen LogP contribution is -2.00. The molecule has 0 N–H and O–H groups in total. The summed E-state index contributed by atoms with van der Waals surface area (Å²) in [4.78, 5) is 8.50. The Kier molecular flexibility index (Phi) is 3.40. The molecule has 0 saturated carbocycles. The number of pyridine rings is 1. The van der Waals surface area contributed by atoms with Gasteiger partial charge in [0.2, 0.25) is 0 Å². The van der Waals surface area contributed by atoms with Crippen LogP contribution >= 0.6 is 23.2 Å². The molecule has 0 spiro atoms. The molecule has 5 heteroatoms. The van der Waals surface area contributed by atoms with Gasteiger partial charge in [-0.25, -0.2) is 9.97 Å². The number of nitrogens with zero attached hydrogens (tertiary/aromatic N) is 3. The van der Waals surface area contributed by atoms with Crippen LogP contribution in [0, 0.1) is 13.8 Å². The summed E-state index contributed by atoms with van der Waals surface area (Å²) in [7, 11) is 0. The lowest BCUT2D eigenvalue weighted by molar-refractivity contribution is 0.819. The quantitative estimate of drug-likeness (QED) is 0.657. The van der Waals surface area contributed by atoms with Crippen molar-refractivity contribution in [3.63, 3.8) is 0 Å². The second-order valence-corrected chi connectivity index (χ2v) is 5.63. The van der Waals surface area contributed by atoms with Gasteiger partial charge in [0, 0.05) is 5.56 Å². The summed E-state index contributed by atoms with van der Waals surface area (Å²) in [6.45, 7) is 4.82. The highest BCUT2D eigenvalue weighted by Crippen LogP contribution is 2.22. The van der Waals surface area contributed by atoms with E-state index in [1.807, 2.05) is 12.4 Å². The molecule has 102 valence electrons. The van der Waals surface area contributed by atoms with Crippen LogP contribution in [-0.2, 0) is 6.54 Å². The van der Waals surface area contributed by atoms with Crippen molar-refractivity contribution >= 4 is 34.2 Å². The average Bonchev–Trinajstić information content (AvgIpc) is 2.76. The van der Waals surface area contributed by atoms with Crippen LogP contribution in [-0.4, -0.2) is 14.5 Å². The normalized spacial score (nSPS) is 11.2. The van der Waals surface area contributed by atoms with Crippen LogP contribution in [0.5, 0.6) is 0 Å². The first kappa shape index (κ1) is 13.4. The number of benzene rings is 1. The number of aromatic nitrogens is 3. The molecule has 0 aliphatic rings. The van der Waals surface area contributed by atoms with Crippen molar-refractivity contribution in [3.8, 4) is 0 Å². The summed E-state index contributed by atoms with van der Waals surface area (Å²) in [5, 5.41) is 0.837. The van der Waals surface area contributed by atoms with Crippen LogP contribution in [0.1, 0.15) is 16.7 Å². The second kappa shape index (κ2) is 5.08. The summed E-state index contributed by atoms with van der Waals surface area (Å²) < 4.78 is 2.07. The van der Waals surface area contributed by atoms with E-state index in [-0.39, 0.29) is 0 Å². The number of aryl methyl sites for hydroxylation is 2. The zero-order valence-corrected chi connectivity index (χ0v) is 12.7. The van der Waals surface area contributed by atoms with Gasteiger partial charge in [-0.2, -0.15) is 0 Å². The van der Waals surface area contributed by atoms with Crippen molar-refractivity contribution in [3.05, 3.63) is 57.6 Å². The summed E-state index contributed by atoms with van der Waals surface area (Å²) in [5.74, 6) is 0. The minimum atomic E-state index is 0.403. The molecule has 0 aliphatic heterocycles. The Balaban J connectivity index is 2.04. The SMILES string of the molecule is Cc1cc2ncn(Cc3ccc(Cl)nc3Cl)c2cc1C. The molecular formula is C15H13Cl2N3. The fourth-order valence-electron chi connectivity index (χ4n) is 2.18. The van der Waals surface area contributed by atoms with Gasteiger partial charge < -0.3 is 4.57 Å². The third kappa shape index (κ3) is 2.39. The number of fused-ring (bicyclic) bond motifs is 1. The van der Waals surface area contributed by atoms with E-state index in [0.717, 1.165) is 16.6 Å². The predicted molar refractivity (Wildman–Crippen MR) is 82.6 cm³/mol. The molecule has 0 aliphatic carbocycles. The molecule has 0 amide bonds. The average molecular weight is 306 g/mol. The molecule has 1 aromatic carbocycles. The first-order valence-corrected chi connectivity index (χ1v) is 7.03. The van der Waals surface area contributed by atoms with E-state index < -0.39 is 0 Å². The second-order valence-electron chi connectivity index (χ2n) is 4.88. The monoisotopic (exact) mass is 305 g/mol. The van der Waals surface area contributed by atoms with Gasteiger partial charge in [0.25, 0.3) is 0 Å². The van der Waals surface area contributed by atoms with Crippen LogP contribution < -0.4 is 0 Å². The Labute approximate surface area is 127 Å². The van der Waals surface area contributed by atoms with E-state index in [9.17, 15) is 0 Å². The van der Waals surface area contributed by atoms with Crippen LogP contribution in [0.2, 0.25) is 10.3 Å². The third-order valence-electron chi connectivity index (χ3n) is 3.47. The molecule has 3 aromatic rings. The predicted octanol–water partition coefficient (Wildman–Crippen LogP) is 4.40. The number of hydrogen-bond acceptors (Lipinski definition) is 2. The van der Waals surface area contributed by atoms with Crippen LogP contribution in [0.15, 0.2) is 30.6 Å². The molecule has 0 radical (unpaired) electrons. The number of imidazole rings is 1. The van der Waals surface area contributed by atoms with Gasteiger partial charge >= 0.3 is 0 Å². The Morgan fingerprint density at radius 3 is 2.60 bits per heavy atom. The van der Waals surface area contributed by atoms with E-state index in [1.54, 1.807) is 6.07 Å². The highest BCUT2D eigenvalue weighted by atomic mass is 35.5. The highest BCUT2D eigenvalue weighted by molar-refractivity contribution is 6.32. The van der Waals surface area contributed by atoms with Crippen LogP contribution in [0.4, 0.5) is 0 Å². The Morgan fingerprint density at radius 1 is 1.10 bits per heavy atom. The first-order valence-electron chi connectivity index (χ1n) is 6.27. The van der Waals surface area contributed by atoms with E-state index in [0.29, 0.717) is 16.9 Å². The van der Waals surface area contributed by atoms with Crippen molar-refractivity contribution in [1.29, 1.82) is 0 Å². The Bertz CT molecular complexity index is 793. The first-order chi connectivity index (χ1) is 9.54. The molecule has 0 atom stereocenters. The maximum Gasteiger partial charge on any atom is 0.135 e. The number of hydrogen-bond donors (Lipinski definition) is 0. The van der Waals surface area contributed by atoms with Gasteiger partial charge in [0.05, 0.1) is 23.9 Å². The highest BCUT2D eigenvalue weighted by Gasteiger charge is 2.08. The Morgan fingerprint density at radius 2 is 1.85 bits per heavy atom. The van der Waals surface area contributed by atoms with Crippen molar-refractivity contribution in [2.45, 2.75) is 20.4 Å². The topological polar surface area (TPSA) is 30.7 Å². The third-order valence-corrected chi connectivity index (χ3v) is 4.01. The lowest BCUT2D eigenvalue weighted by Gasteiger charge is -2.07. The van der Waals surface area contributed by atoms with E-state index in [1.165, 1.54) is 11.1 Å². The van der Waals surface area contributed by atoms with Crippen molar-refractivity contribution in [2.24, 2.45) is 0 Å².